The first-order chi connectivity index (χ1) is 21.0. The molecule has 3 aromatic rings. The number of aliphatic hydroxyl groups is 2. The molecule has 4 aliphatic rings. The van der Waals surface area contributed by atoms with E-state index in [1.807, 2.05) is 24.4 Å². The lowest BCUT2D eigenvalue weighted by Crippen LogP contribution is -2.36. The molecule has 5 N–H and O–H groups in total. The number of nitrogens with zero attached hydrogens (tertiary/aromatic N) is 1. The van der Waals surface area contributed by atoms with Crippen LogP contribution in [0.4, 0.5) is 0 Å². The van der Waals surface area contributed by atoms with Gasteiger partial charge < -0.3 is 44.9 Å². The van der Waals surface area contributed by atoms with E-state index in [9.17, 15) is 20.4 Å². The summed E-state index contributed by atoms with van der Waals surface area (Å²) in [4.78, 5) is 2.26. The first-order valence-corrected chi connectivity index (χ1v) is 14.6. The molecule has 0 fully saturated rings. The van der Waals surface area contributed by atoms with Crippen LogP contribution in [0.3, 0.4) is 0 Å². The van der Waals surface area contributed by atoms with E-state index in [1.54, 1.807) is 18.2 Å². The molecule has 0 bridgehead atoms. The average molecular weight is 583 g/mol. The third kappa shape index (κ3) is 4.67. The van der Waals surface area contributed by atoms with Gasteiger partial charge in [0.15, 0.2) is 17.6 Å². The zero-order valence-electron chi connectivity index (χ0n) is 23.8. The highest BCUT2D eigenvalue weighted by molar-refractivity contribution is 5.83. The average Bonchev–Trinajstić information content (AvgIpc) is 3.56. The summed E-state index contributed by atoms with van der Waals surface area (Å²) in [5, 5.41) is 45.5. The topological polar surface area (TPSA) is 124 Å². The van der Waals surface area contributed by atoms with Crippen LogP contribution in [0.2, 0.25) is 0 Å². The number of nitrogens with one attached hydrogen (secondary N) is 1. The Morgan fingerprint density at radius 2 is 1.98 bits per heavy atom. The third-order valence-corrected chi connectivity index (χ3v) is 8.94. The van der Waals surface area contributed by atoms with Gasteiger partial charge >= 0.3 is 0 Å². The quantitative estimate of drug-likeness (QED) is 0.276. The van der Waals surface area contributed by atoms with Crippen LogP contribution >= 0.6 is 0 Å². The number of methoxy groups -OCH3 is 1. The SMILES string of the molecule is COc1cc([C@H]2Oc3cc(OCCO)c4c5c3[C@@H](C#CC[C@@H](N3C=CNC3)C[C@H]5Cc3cc(O)ccc3-4)[C@H]2O)ccc1O. The summed E-state index contributed by atoms with van der Waals surface area (Å²) in [6.07, 6.45) is 4.31. The molecule has 0 saturated heterocycles. The van der Waals surface area contributed by atoms with E-state index in [4.69, 9.17) is 14.2 Å². The number of fused-ring (bicyclic) bond motifs is 2. The summed E-state index contributed by atoms with van der Waals surface area (Å²) in [5.41, 5.74) is 5.39. The minimum Gasteiger partial charge on any atom is -0.508 e. The zero-order valence-corrected chi connectivity index (χ0v) is 23.8. The van der Waals surface area contributed by atoms with Crippen molar-refractivity contribution in [2.45, 2.75) is 49.3 Å². The van der Waals surface area contributed by atoms with Gasteiger partial charge in [-0.25, -0.2) is 0 Å². The Hall–Kier alpha value is -4.52. The zero-order chi connectivity index (χ0) is 29.7. The fourth-order valence-corrected chi connectivity index (χ4v) is 7.03. The number of benzene rings is 3. The first kappa shape index (κ1) is 27.3. The van der Waals surface area contributed by atoms with Gasteiger partial charge in [0.25, 0.3) is 0 Å². The lowest BCUT2D eigenvalue weighted by Gasteiger charge is -2.40. The lowest BCUT2D eigenvalue weighted by atomic mass is 9.70. The van der Waals surface area contributed by atoms with E-state index in [1.165, 1.54) is 13.2 Å². The van der Waals surface area contributed by atoms with Crippen molar-refractivity contribution in [3.63, 3.8) is 0 Å². The number of ether oxygens (including phenoxy) is 3. The molecule has 0 aromatic heterocycles. The summed E-state index contributed by atoms with van der Waals surface area (Å²) in [5.74, 6) is 7.95. The van der Waals surface area contributed by atoms with Crippen molar-refractivity contribution in [2.24, 2.45) is 0 Å². The molecular weight excluding hydrogens is 548 g/mol. The second-order valence-corrected chi connectivity index (χ2v) is 11.4. The van der Waals surface area contributed by atoms with E-state index in [-0.39, 0.29) is 42.4 Å². The molecule has 2 aliphatic heterocycles. The summed E-state index contributed by atoms with van der Waals surface area (Å²) in [6, 6.07) is 12.3. The van der Waals surface area contributed by atoms with Crippen molar-refractivity contribution < 1.29 is 34.6 Å². The number of phenolic OH excluding ortho intramolecular Hbond substituents is 2. The van der Waals surface area contributed by atoms with Gasteiger partial charge in [-0.05, 0) is 65.3 Å². The van der Waals surface area contributed by atoms with Crippen LogP contribution in [-0.4, -0.2) is 64.5 Å². The summed E-state index contributed by atoms with van der Waals surface area (Å²) < 4.78 is 18.1. The fourth-order valence-electron chi connectivity index (χ4n) is 7.03. The smallest absolute Gasteiger partial charge is 0.160 e. The van der Waals surface area contributed by atoms with Crippen molar-refractivity contribution in [2.75, 3.05) is 27.0 Å². The van der Waals surface area contributed by atoms with Crippen LogP contribution in [0.1, 0.15) is 53.0 Å². The second kappa shape index (κ2) is 11.0. The van der Waals surface area contributed by atoms with Gasteiger partial charge in [0.1, 0.15) is 30.0 Å². The predicted molar refractivity (Wildman–Crippen MR) is 159 cm³/mol. The van der Waals surface area contributed by atoms with E-state index in [0.29, 0.717) is 36.6 Å². The van der Waals surface area contributed by atoms with Crippen molar-refractivity contribution in [3.05, 3.63) is 77.1 Å². The maximum atomic E-state index is 12.0. The Morgan fingerprint density at radius 3 is 2.77 bits per heavy atom. The van der Waals surface area contributed by atoms with Crippen LogP contribution in [-0.2, 0) is 6.42 Å². The molecule has 43 heavy (non-hydrogen) atoms. The Bertz CT molecular complexity index is 1660. The molecule has 5 atom stereocenters. The molecule has 0 spiro atoms. The molecule has 9 nitrogen and oxygen atoms in total. The molecule has 7 rings (SSSR count). The van der Waals surface area contributed by atoms with Crippen molar-refractivity contribution in [1.29, 1.82) is 0 Å². The van der Waals surface area contributed by atoms with Gasteiger partial charge in [-0.1, -0.05) is 18.1 Å². The highest BCUT2D eigenvalue weighted by Crippen LogP contribution is 2.56. The number of rotatable bonds is 6. The summed E-state index contributed by atoms with van der Waals surface area (Å²) >= 11 is 0. The largest absolute Gasteiger partial charge is 0.508 e. The summed E-state index contributed by atoms with van der Waals surface area (Å²) in [6.45, 7) is 0.638. The lowest BCUT2D eigenvalue weighted by molar-refractivity contribution is 0.0112. The van der Waals surface area contributed by atoms with Crippen molar-refractivity contribution in [3.8, 4) is 51.7 Å². The van der Waals surface area contributed by atoms with Crippen LogP contribution < -0.4 is 19.5 Å². The Labute approximate surface area is 249 Å². The Kier molecular flexibility index (Phi) is 6.96. The minimum absolute atomic E-state index is 0.00280. The molecule has 9 heteroatoms. The monoisotopic (exact) mass is 582 g/mol. The normalized spacial score (nSPS) is 24.6. The van der Waals surface area contributed by atoms with Gasteiger partial charge in [-0.3, -0.25) is 0 Å². The van der Waals surface area contributed by atoms with Gasteiger partial charge in [-0.15, -0.1) is 5.92 Å². The summed E-state index contributed by atoms with van der Waals surface area (Å²) in [7, 11) is 1.48. The van der Waals surface area contributed by atoms with Crippen LogP contribution in [0.15, 0.2) is 54.9 Å². The Morgan fingerprint density at radius 1 is 1.09 bits per heavy atom. The van der Waals surface area contributed by atoms with Crippen molar-refractivity contribution in [1.82, 2.24) is 10.2 Å². The van der Waals surface area contributed by atoms with Gasteiger partial charge in [-0.2, -0.15) is 0 Å². The van der Waals surface area contributed by atoms with Crippen LogP contribution in [0, 0.1) is 11.8 Å². The molecular formula is C34H34N2O7. The highest BCUT2D eigenvalue weighted by Gasteiger charge is 2.44. The standard InChI is InChI=1S/C34H34N2O7/c1-41-27-16-19(5-8-26(27)39)34-33(40)25-4-2-3-22(36-10-9-35-18-36)14-21-13-20-15-23(38)6-7-24(20)31-28(42-12-11-37)17-29(43-34)32(25)30(21)31/h5-10,15-17,21-22,25,33-35,37-40H,3,11-14,18H2,1H3/t21-,22-,25-,33-,34-/m1/s1. The van der Waals surface area contributed by atoms with E-state index in [2.05, 4.69) is 28.3 Å². The Balaban J connectivity index is 1.45. The molecule has 0 radical (unpaired) electrons. The minimum atomic E-state index is -1.01. The van der Waals surface area contributed by atoms with E-state index < -0.39 is 18.1 Å². The second-order valence-electron chi connectivity index (χ2n) is 11.4. The molecule has 222 valence electrons. The molecule has 0 amide bonds. The fraction of sp³-hybridized carbons (Fsp3) is 0.353. The molecule has 3 aromatic carbocycles. The molecule has 0 saturated carbocycles. The van der Waals surface area contributed by atoms with Gasteiger partial charge in [0, 0.05) is 42.1 Å². The predicted octanol–water partition coefficient (Wildman–Crippen LogP) is 3.86. The maximum absolute atomic E-state index is 12.0. The van der Waals surface area contributed by atoms with Crippen LogP contribution in [0.25, 0.3) is 11.1 Å². The third-order valence-electron chi connectivity index (χ3n) is 8.94. The number of hydrogen-bond acceptors (Lipinski definition) is 9. The number of phenols is 2. The molecule has 2 heterocycles. The van der Waals surface area contributed by atoms with E-state index in [0.717, 1.165) is 34.2 Å². The maximum Gasteiger partial charge on any atom is 0.160 e. The van der Waals surface area contributed by atoms with Gasteiger partial charge in [0.05, 0.1) is 26.3 Å². The first-order valence-electron chi connectivity index (χ1n) is 14.6. The molecule has 0 unspecified atom stereocenters. The molecule has 2 aliphatic carbocycles. The number of aliphatic hydroxyl groups excluding tert-OH is 2. The number of hydrogen-bond donors (Lipinski definition) is 5. The van der Waals surface area contributed by atoms with Crippen molar-refractivity contribution >= 4 is 0 Å². The highest BCUT2D eigenvalue weighted by atomic mass is 16.5. The van der Waals surface area contributed by atoms with Crippen LogP contribution in [0.5, 0.6) is 28.7 Å². The number of aromatic hydroxyl groups is 2. The van der Waals surface area contributed by atoms with Gasteiger partial charge in [0.2, 0.25) is 0 Å². The van der Waals surface area contributed by atoms with E-state index >= 15 is 0 Å².